The van der Waals surface area contributed by atoms with Crippen LogP contribution in [0.4, 0.5) is 30.6 Å². The van der Waals surface area contributed by atoms with Crippen molar-refractivity contribution in [1.29, 1.82) is 0 Å². The van der Waals surface area contributed by atoms with Crippen molar-refractivity contribution in [1.82, 2.24) is 9.97 Å². The first kappa shape index (κ1) is 17.8. The molecule has 134 valence electrons. The average molecular weight is 371 g/mol. The van der Waals surface area contributed by atoms with Gasteiger partial charge in [0.15, 0.2) is 0 Å². The molecule has 1 saturated heterocycles. The third-order valence-corrected chi connectivity index (χ3v) is 4.29. The zero-order valence-electron chi connectivity index (χ0n) is 13.7. The number of anilines is 3. The van der Waals surface area contributed by atoms with Crippen molar-refractivity contribution in [2.75, 3.05) is 23.3 Å². The summed E-state index contributed by atoms with van der Waals surface area (Å²) in [5.41, 5.74) is -0.266. The Hall–Kier alpha value is -2.02. The number of rotatable bonds is 3. The number of benzene rings is 1. The lowest BCUT2D eigenvalue weighted by molar-refractivity contribution is -0.136. The number of aryl methyl sites for hydroxylation is 1. The molecular formula is C17H18ClF3N4. The molecule has 0 radical (unpaired) electrons. The summed E-state index contributed by atoms with van der Waals surface area (Å²) in [6.07, 6.45) is -1.17. The molecule has 8 heteroatoms. The van der Waals surface area contributed by atoms with Crippen LogP contribution in [0.25, 0.3) is 0 Å². The molecule has 1 aromatic carbocycles. The monoisotopic (exact) mass is 370 g/mol. The van der Waals surface area contributed by atoms with Crippen LogP contribution in [0.2, 0.25) is 5.02 Å². The summed E-state index contributed by atoms with van der Waals surface area (Å²) in [6.45, 7) is 3.59. The first-order chi connectivity index (χ1) is 11.8. The molecule has 2 aromatic rings. The highest BCUT2D eigenvalue weighted by Crippen LogP contribution is 2.37. The van der Waals surface area contributed by atoms with Gasteiger partial charge >= 0.3 is 6.18 Å². The summed E-state index contributed by atoms with van der Waals surface area (Å²) in [4.78, 5) is 10.8. The normalized spacial score (nSPS) is 15.3. The minimum atomic E-state index is -4.52. The fourth-order valence-corrected chi connectivity index (χ4v) is 3.05. The lowest BCUT2D eigenvalue weighted by atomic mass is 10.1. The molecule has 2 heterocycles. The highest BCUT2D eigenvalue weighted by atomic mass is 35.5. The maximum atomic E-state index is 13.2. The van der Waals surface area contributed by atoms with E-state index in [0.29, 0.717) is 5.69 Å². The molecule has 0 atom stereocenters. The number of hydrogen-bond donors (Lipinski definition) is 1. The van der Waals surface area contributed by atoms with Gasteiger partial charge in [-0.3, -0.25) is 0 Å². The first-order valence-corrected chi connectivity index (χ1v) is 8.45. The molecular weight excluding hydrogens is 353 g/mol. The van der Waals surface area contributed by atoms with Crippen molar-refractivity contribution in [2.24, 2.45) is 0 Å². The van der Waals surface area contributed by atoms with Gasteiger partial charge in [-0.05, 0) is 44.4 Å². The Kier molecular flexibility index (Phi) is 5.03. The molecule has 0 aliphatic carbocycles. The van der Waals surface area contributed by atoms with Crippen molar-refractivity contribution in [3.05, 3.63) is 40.5 Å². The number of nitrogens with one attached hydrogen (secondary N) is 1. The second-order valence-electron chi connectivity index (χ2n) is 6.05. The summed E-state index contributed by atoms with van der Waals surface area (Å²) in [5, 5.41) is 2.72. The molecule has 0 amide bonds. The van der Waals surface area contributed by atoms with E-state index in [1.54, 1.807) is 6.92 Å². The first-order valence-electron chi connectivity index (χ1n) is 8.07. The topological polar surface area (TPSA) is 41.1 Å². The molecule has 1 aliphatic rings. The van der Waals surface area contributed by atoms with Crippen molar-refractivity contribution in [2.45, 2.75) is 32.4 Å². The standard InChI is InChI=1S/C17H18ClF3N4/c1-11-9-15(25-7-3-2-4-8-25)24-16(22-11)23-14-6-5-12(18)10-13(14)17(19,20)21/h5-6,9-10H,2-4,7-8H2,1H3,(H,22,23,24). The second kappa shape index (κ2) is 7.07. The summed E-state index contributed by atoms with van der Waals surface area (Å²) >= 11 is 5.71. The van der Waals surface area contributed by atoms with E-state index >= 15 is 0 Å². The zero-order chi connectivity index (χ0) is 18.0. The van der Waals surface area contributed by atoms with E-state index < -0.39 is 11.7 Å². The molecule has 3 rings (SSSR count). The van der Waals surface area contributed by atoms with E-state index in [9.17, 15) is 13.2 Å². The fourth-order valence-electron chi connectivity index (χ4n) is 2.87. The highest BCUT2D eigenvalue weighted by Gasteiger charge is 2.34. The minimum Gasteiger partial charge on any atom is -0.356 e. The van der Waals surface area contributed by atoms with Crippen molar-refractivity contribution in [3.8, 4) is 0 Å². The SMILES string of the molecule is Cc1cc(N2CCCCC2)nc(Nc2ccc(Cl)cc2C(F)(F)F)n1. The van der Waals surface area contributed by atoms with E-state index in [4.69, 9.17) is 11.6 Å². The minimum absolute atomic E-state index is 0.0250. The molecule has 1 aromatic heterocycles. The summed E-state index contributed by atoms with van der Waals surface area (Å²) in [6, 6.07) is 5.44. The Morgan fingerprint density at radius 2 is 1.80 bits per heavy atom. The van der Waals surface area contributed by atoms with Gasteiger partial charge in [-0.1, -0.05) is 11.6 Å². The van der Waals surface area contributed by atoms with Gasteiger partial charge in [0.2, 0.25) is 5.95 Å². The zero-order valence-corrected chi connectivity index (χ0v) is 14.5. The number of halogens is 4. The molecule has 1 fully saturated rings. The van der Waals surface area contributed by atoms with Gasteiger partial charge < -0.3 is 10.2 Å². The van der Waals surface area contributed by atoms with Gasteiger partial charge in [-0.15, -0.1) is 0 Å². The van der Waals surface area contributed by atoms with Crippen molar-refractivity contribution in [3.63, 3.8) is 0 Å². The van der Waals surface area contributed by atoms with Crippen LogP contribution in [0, 0.1) is 6.92 Å². The van der Waals surface area contributed by atoms with E-state index in [1.165, 1.54) is 18.6 Å². The predicted octanol–water partition coefficient (Wildman–Crippen LogP) is 5.19. The predicted molar refractivity (Wildman–Crippen MR) is 92.6 cm³/mol. The van der Waals surface area contributed by atoms with E-state index in [0.717, 1.165) is 37.8 Å². The Labute approximate surface area is 149 Å². The molecule has 0 bridgehead atoms. The Morgan fingerprint density at radius 3 is 2.48 bits per heavy atom. The van der Waals surface area contributed by atoms with Gasteiger partial charge in [0.1, 0.15) is 5.82 Å². The molecule has 1 N–H and O–H groups in total. The van der Waals surface area contributed by atoms with E-state index in [1.807, 2.05) is 6.07 Å². The van der Waals surface area contributed by atoms with E-state index in [2.05, 4.69) is 20.2 Å². The second-order valence-corrected chi connectivity index (χ2v) is 6.49. The largest absolute Gasteiger partial charge is 0.418 e. The van der Waals surface area contributed by atoms with Gasteiger partial charge in [0.05, 0.1) is 11.3 Å². The maximum Gasteiger partial charge on any atom is 0.418 e. The highest BCUT2D eigenvalue weighted by molar-refractivity contribution is 6.30. The van der Waals surface area contributed by atoms with Crippen LogP contribution in [0.3, 0.4) is 0 Å². The average Bonchev–Trinajstić information content (AvgIpc) is 2.56. The van der Waals surface area contributed by atoms with Crippen LogP contribution in [0.1, 0.15) is 30.5 Å². The summed E-state index contributed by atoms with van der Waals surface area (Å²) < 4.78 is 39.7. The molecule has 1 aliphatic heterocycles. The number of aromatic nitrogens is 2. The van der Waals surface area contributed by atoms with Gasteiger partial charge in [0, 0.05) is 29.9 Å². The van der Waals surface area contributed by atoms with Gasteiger partial charge in [-0.2, -0.15) is 18.2 Å². The molecule has 0 spiro atoms. The lowest BCUT2D eigenvalue weighted by Crippen LogP contribution is -2.30. The molecule has 0 unspecified atom stereocenters. The van der Waals surface area contributed by atoms with Crippen LogP contribution in [0.15, 0.2) is 24.3 Å². The Bertz CT molecular complexity index is 758. The number of piperidine rings is 1. The number of alkyl halides is 3. The van der Waals surface area contributed by atoms with Gasteiger partial charge in [0.25, 0.3) is 0 Å². The Balaban J connectivity index is 1.92. The van der Waals surface area contributed by atoms with E-state index in [-0.39, 0.29) is 16.7 Å². The number of nitrogens with zero attached hydrogens (tertiary/aromatic N) is 3. The maximum absolute atomic E-state index is 13.2. The fraction of sp³-hybridized carbons (Fsp3) is 0.412. The van der Waals surface area contributed by atoms with Crippen molar-refractivity contribution >= 4 is 29.1 Å². The lowest BCUT2D eigenvalue weighted by Gasteiger charge is -2.28. The Morgan fingerprint density at radius 1 is 1.08 bits per heavy atom. The third kappa shape index (κ3) is 4.34. The number of hydrogen-bond acceptors (Lipinski definition) is 4. The molecule has 4 nitrogen and oxygen atoms in total. The summed E-state index contributed by atoms with van der Waals surface area (Å²) in [7, 11) is 0. The van der Waals surface area contributed by atoms with Gasteiger partial charge in [-0.25, -0.2) is 4.98 Å². The quantitative estimate of drug-likeness (QED) is 0.807. The van der Waals surface area contributed by atoms with Crippen LogP contribution < -0.4 is 10.2 Å². The van der Waals surface area contributed by atoms with Crippen molar-refractivity contribution < 1.29 is 13.2 Å². The molecule has 25 heavy (non-hydrogen) atoms. The third-order valence-electron chi connectivity index (χ3n) is 4.05. The van der Waals surface area contributed by atoms with Crippen LogP contribution >= 0.6 is 11.6 Å². The summed E-state index contributed by atoms with van der Waals surface area (Å²) in [5.74, 6) is 0.880. The van der Waals surface area contributed by atoms with Crippen LogP contribution in [0.5, 0.6) is 0 Å². The smallest absolute Gasteiger partial charge is 0.356 e. The van der Waals surface area contributed by atoms with Crippen LogP contribution in [-0.4, -0.2) is 23.1 Å². The van der Waals surface area contributed by atoms with Crippen LogP contribution in [-0.2, 0) is 6.18 Å². The molecule has 0 saturated carbocycles.